The quantitative estimate of drug-likeness (QED) is 0.142. The molecule has 0 bridgehead atoms. The van der Waals surface area contributed by atoms with Crippen molar-refractivity contribution in [1.29, 1.82) is 5.41 Å². The molecule has 1 fully saturated rings. The first-order chi connectivity index (χ1) is 22.1. The first-order valence-electron chi connectivity index (χ1n) is 16.1. The molecule has 0 unspecified atom stereocenters. The van der Waals surface area contributed by atoms with Gasteiger partial charge in [0.25, 0.3) is 0 Å². The van der Waals surface area contributed by atoms with Crippen LogP contribution < -0.4 is 16.4 Å². The number of nitrogens with one attached hydrogen (secondary N) is 1. The number of carbonyl (C=O) groups is 1. The molecule has 1 aliphatic heterocycles. The molecule has 2 amide bonds. The molecule has 1 heterocycles. The number of benzene rings is 3. The average Bonchev–Trinajstić information content (AvgIpc) is 3.20. The normalized spacial score (nSPS) is 14.6. The van der Waals surface area contributed by atoms with Crippen molar-refractivity contribution in [1.82, 2.24) is 5.01 Å². The number of fused-ring (bicyclic) bond motifs is 1. The van der Waals surface area contributed by atoms with Crippen molar-refractivity contribution >= 4 is 23.8 Å². The van der Waals surface area contributed by atoms with Gasteiger partial charge in [0.15, 0.2) is 0 Å². The Labute approximate surface area is 270 Å². The van der Waals surface area contributed by atoms with Crippen molar-refractivity contribution in [2.24, 2.45) is 22.5 Å². The van der Waals surface area contributed by atoms with Crippen molar-refractivity contribution in [3.8, 4) is 0 Å². The number of urea groups is 1. The molecular weight excluding hydrogens is 556 g/mol. The van der Waals surface area contributed by atoms with Gasteiger partial charge in [0.2, 0.25) is 0 Å². The second-order valence-corrected chi connectivity index (χ2v) is 10.5. The average molecular weight is 609 g/mol. The van der Waals surface area contributed by atoms with Crippen LogP contribution in [0.4, 0.5) is 10.5 Å². The van der Waals surface area contributed by atoms with E-state index in [9.17, 15) is 4.79 Å². The van der Waals surface area contributed by atoms with E-state index in [0.717, 1.165) is 48.1 Å². The summed E-state index contributed by atoms with van der Waals surface area (Å²) in [7, 11) is 0. The summed E-state index contributed by atoms with van der Waals surface area (Å²) in [4.78, 5) is 15.8. The van der Waals surface area contributed by atoms with Gasteiger partial charge in [-0.2, -0.15) is 5.10 Å². The molecule has 1 aliphatic carbocycles. The molecule has 7 heteroatoms. The monoisotopic (exact) mass is 608 g/mol. The van der Waals surface area contributed by atoms with E-state index in [4.69, 9.17) is 16.2 Å². The fourth-order valence-corrected chi connectivity index (χ4v) is 5.40. The van der Waals surface area contributed by atoms with E-state index in [1.807, 2.05) is 56.9 Å². The minimum Gasteiger partial charge on any atom is -0.405 e. The number of hydrogen-bond acceptors (Lipinski definition) is 4. The maximum atomic E-state index is 13.9. The van der Waals surface area contributed by atoms with Gasteiger partial charge in [-0.15, -0.1) is 0 Å². The van der Waals surface area contributed by atoms with Crippen molar-refractivity contribution in [2.75, 3.05) is 11.4 Å². The molecular formula is C38H52N6O. The topological polar surface area (TPSA) is 112 Å². The highest BCUT2D eigenvalue weighted by Gasteiger charge is 2.32. The standard InChI is InChI=1S/C32H35N3O.C3H7N.C2H6.CH4N2/c1-2-3-21-34-30-20-11-10-19-29(30)31(28-17-8-5-9-18-28)33-35(32(34)36)24-27-16-12-15-26(23-27)22-25-13-6-4-7-14-25;1-2-3-4;1-2;2-1-3/h2-4,6-7,10-16,19-20,23,28H,5,8-9,17-18,21-22,24H2,1H3;2-3H,4H2,1H3;1-2H3;1H,(H3,2,3)/b3-2-;3-2+;;. The second-order valence-electron chi connectivity index (χ2n) is 10.5. The molecule has 2 aliphatic rings. The summed E-state index contributed by atoms with van der Waals surface area (Å²) >= 11 is 0. The van der Waals surface area contributed by atoms with Crippen molar-refractivity contribution in [2.45, 2.75) is 72.8 Å². The van der Waals surface area contributed by atoms with Gasteiger partial charge in [-0.1, -0.05) is 124 Å². The molecule has 5 rings (SSSR count). The summed E-state index contributed by atoms with van der Waals surface area (Å²) in [5, 5.41) is 12.7. The van der Waals surface area contributed by atoms with Crippen LogP contribution in [0.2, 0.25) is 0 Å². The lowest BCUT2D eigenvalue weighted by molar-refractivity contribution is 0.205. The van der Waals surface area contributed by atoms with Crippen LogP contribution in [0.3, 0.4) is 0 Å². The number of carbonyl (C=O) groups excluding carboxylic acids is 1. The summed E-state index contributed by atoms with van der Waals surface area (Å²) in [6, 6.07) is 27.3. The number of hydrogen-bond donors (Lipinski definition) is 3. The molecule has 0 saturated heterocycles. The van der Waals surface area contributed by atoms with Crippen molar-refractivity contribution in [3.05, 3.63) is 126 Å². The zero-order chi connectivity index (χ0) is 32.9. The number of para-hydroxylation sites is 1. The summed E-state index contributed by atoms with van der Waals surface area (Å²) in [6.07, 6.45) is 15.0. The van der Waals surface area contributed by atoms with E-state index in [-0.39, 0.29) is 6.03 Å². The molecule has 5 N–H and O–H groups in total. The fourth-order valence-electron chi connectivity index (χ4n) is 5.40. The molecule has 1 saturated carbocycles. The lowest BCUT2D eigenvalue weighted by Gasteiger charge is -2.25. The Balaban J connectivity index is 0.000000704. The van der Waals surface area contributed by atoms with Crippen LogP contribution in [0.1, 0.15) is 82.1 Å². The van der Waals surface area contributed by atoms with Gasteiger partial charge in [-0.3, -0.25) is 10.3 Å². The third-order valence-electron chi connectivity index (χ3n) is 7.43. The highest BCUT2D eigenvalue weighted by atomic mass is 16.2. The molecule has 240 valence electrons. The SMILES string of the molecule is C/C=C/N.C/C=C\CN1C(=O)N(Cc2cccc(Cc3ccccc3)c2)N=C(C2CCCCC2)c2ccccc21.CC.N=CN. The number of hydrazone groups is 1. The third-order valence-corrected chi connectivity index (χ3v) is 7.43. The van der Waals surface area contributed by atoms with E-state index in [1.165, 1.54) is 36.6 Å². The first kappa shape index (κ1) is 36.5. The first-order valence-corrected chi connectivity index (χ1v) is 16.1. The number of nitrogens with zero attached hydrogens (tertiary/aromatic N) is 3. The molecule has 45 heavy (non-hydrogen) atoms. The smallest absolute Gasteiger partial charge is 0.345 e. The van der Waals surface area contributed by atoms with Crippen molar-refractivity contribution in [3.63, 3.8) is 0 Å². The number of rotatable bonds is 7. The summed E-state index contributed by atoms with van der Waals surface area (Å²) in [6.45, 7) is 8.86. The molecule has 3 aromatic carbocycles. The van der Waals surface area contributed by atoms with Gasteiger partial charge in [0, 0.05) is 18.0 Å². The van der Waals surface area contributed by atoms with Crippen molar-refractivity contribution < 1.29 is 4.79 Å². The molecule has 0 aromatic heterocycles. The van der Waals surface area contributed by atoms with Crippen LogP contribution in [0.25, 0.3) is 0 Å². The molecule has 0 spiro atoms. The maximum Gasteiger partial charge on any atom is 0.345 e. The van der Waals surface area contributed by atoms with Gasteiger partial charge >= 0.3 is 6.03 Å². The maximum absolute atomic E-state index is 13.9. The van der Waals surface area contributed by atoms with Crippen LogP contribution in [-0.2, 0) is 13.0 Å². The highest BCUT2D eigenvalue weighted by Crippen LogP contribution is 2.34. The summed E-state index contributed by atoms with van der Waals surface area (Å²) < 4.78 is 0. The van der Waals surface area contributed by atoms with Gasteiger partial charge < -0.3 is 11.5 Å². The van der Waals surface area contributed by atoms with Crippen LogP contribution in [0.15, 0.2) is 108 Å². The predicted octanol–water partition coefficient (Wildman–Crippen LogP) is 8.64. The summed E-state index contributed by atoms with van der Waals surface area (Å²) in [5.74, 6) is 0.390. The van der Waals surface area contributed by atoms with Gasteiger partial charge in [0.05, 0.1) is 24.3 Å². The highest BCUT2D eigenvalue weighted by molar-refractivity contribution is 6.11. The molecule has 0 atom stereocenters. The van der Waals surface area contributed by atoms with Crippen LogP contribution in [0, 0.1) is 11.3 Å². The van der Waals surface area contributed by atoms with Gasteiger partial charge in [0.1, 0.15) is 0 Å². The minimum absolute atomic E-state index is 0.0696. The Bertz CT molecular complexity index is 1370. The predicted molar refractivity (Wildman–Crippen MR) is 192 cm³/mol. The molecule has 0 radical (unpaired) electrons. The number of allylic oxidation sites excluding steroid dienone is 2. The second kappa shape index (κ2) is 21.1. The van der Waals surface area contributed by atoms with E-state index in [1.54, 1.807) is 11.1 Å². The van der Waals surface area contributed by atoms with E-state index >= 15 is 0 Å². The Hall–Kier alpha value is -4.65. The van der Waals surface area contributed by atoms with E-state index < -0.39 is 0 Å². The zero-order valence-electron chi connectivity index (χ0n) is 27.5. The van der Waals surface area contributed by atoms with Crippen LogP contribution >= 0.6 is 0 Å². The Morgan fingerprint density at radius 3 is 2.09 bits per heavy atom. The van der Waals surface area contributed by atoms with Gasteiger partial charge in [-0.05, 0) is 62.1 Å². The number of nitrogens with two attached hydrogens (primary N) is 2. The zero-order valence-corrected chi connectivity index (χ0v) is 27.5. The number of amides is 2. The third kappa shape index (κ3) is 11.4. The van der Waals surface area contributed by atoms with Crippen LogP contribution in [-0.4, -0.2) is 29.6 Å². The summed E-state index contributed by atoms with van der Waals surface area (Å²) in [5.41, 5.74) is 16.0. The molecule has 3 aromatic rings. The Morgan fingerprint density at radius 2 is 1.44 bits per heavy atom. The largest absolute Gasteiger partial charge is 0.405 e. The Morgan fingerprint density at radius 1 is 0.844 bits per heavy atom. The lowest BCUT2D eigenvalue weighted by Crippen LogP contribution is -2.40. The van der Waals surface area contributed by atoms with E-state index in [0.29, 0.717) is 19.0 Å². The fraction of sp³-hybridized carbons (Fsp3) is 0.342. The molecule has 7 nitrogen and oxygen atoms in total. The number of anilines is 1. The lowest BCUT2D eigenvalue weighted by atomic mass is 9.83. The van der Waals surface area contributed by atoms with Crippen LogP contribution in [0.5, 0.6) is 0 Å². The van der Waals surface area contributed by atoms with E-state index in [2.05, 4.69) is 72.5 Å². The minimum atomic E-state index is -0.0696. The Kier molecular flexibility index (Phi) is 17.1. The van der Waals surface area contributed by atoms with Gasteiger partial charge in [-0.25, -0.2) is 9.80 Å².